The van der Waals surface area contributed by atoms with Crippen LogP contribution in [0.4, 0.5) is 17.3 Å². The van der Waals surface area contributed by atoms with Crippen LogP contribution in [0, 0.1) is 19.3 Å². The number of aryl methyl sites for hydroxylation is 3. The molecule has 8 heteroatoms. The number of nitrogens with zero attached hydrogens (tertiary/aromatic N) is 3. The average molecular weight is 472 g/mol. The Labute approximate surface area is 198 Å². The Hall–Kier alpha value is -2.70. The number of anilines is 3. The lowest BCUT2D eigenvalue weighted by molar-refractivity contribution is 0.102. The molecule has 0 aliphatic heterocycles. The number of hydrogen-bond acceptors (Lipinski definition) is 5. The molecular formula is C24H27Cl2N5O. The largest absolute Gasteiger partial charge is 0.325 e. The molecule has 0 bridgehead atoms. The van der Waals surface area contributed by atoms with Gasteiger partial charge in [0.1, 0.15) is 17.5 Å². The summed E-state index contributed by atoms with van der Waals surface area (Å²) in [6, 6.07) is 8.85. The lowest BCUT2D eigenvalue weighted by atomic mass is 9.88. The van der Waals surface area contributed by atoms with E-state index in [4.69, 9.17) is 23.2 Å². The predicted molar refractivity (Wildman–Crippen MR) is 131 cm³/mol. The van der Waals surface area contributed by atoms with Gasteiger partial charge in [-0.25, -0.2) is 15.0 Å². The summed E-state index contributed by atoms with van der Waals surface area (Å²) in [5, 5.41) is 6.64. The number of pyridine rings is 1. The Morgan fingerprint density at radius 2 is 1.69 bits per heavy atom. The number of hydrogen-bond donors (Lipinski definition) is 2. The molecule has 2 N–H and O–H groups in total. The second-order valence-corrected chi connectivity index (χ2v) is 9.76. The molecule has 0 aliphatic carbocycles. The summed E-state index contributed by atoms with van der Waals surface area (Å²) in [4.78, 5) is 25.8. The number of halogens is 2. The van der Waals surface area contributed by atoms with Crippen molar-refractivity contribution in [2.45, 2.75) is 47.5 Å². The van der Waals surface area contributed by atoms with Gasteiger partial charge in [0.2, 0.25) is 0 Å². The van der Waals surface area contributed by atoms with Crippen molar-refractivity contribution < 1.29 is 4.79 Å². The van der Waals surface area contributed by atoms with Crippen LogP contribution < -0.4 is 10.6 Å². The lowest BCUT2D eigenvalue weighted by Crippen LogP contribution is -2.14. The second kappa shape index (κ2) is 9.84. The van der Waals surface area contributed by atoms with Gasteiger partial charge in [-0.1, -0.05) is 44.0 Å². The Morgan fingerprint density at radius 3 is 2.31 bits per heavy atom. The van der Waals surface area contributed by atoms with E-state index < -0.39 is 0 Å². The highest BCUT2D eigenvalue weighted by Gasteiger charge is 2.18. The third-order valence-electron chi connectivity index (χ3n) is 4.73. The molecule has 32 heavy (non-hydrogen) atoms. The van der Waals surface area contributed by atoms with Crippen molar-refractivity contribution >= 4 is 46.4 Å². The Morgan fingerprint density at radius 1 is 1.00 bits per heavy atom. The van der Waals surface area contributed by atoms with E-state index in [0.29, 0.717) is 33.2 Å². The number of carbonyl (C=O) groups excluding carboxylic acids is 1. The van der Waals surface area contributed by atoms with Crippen molar-refractivity contribution in [3.8, 4) is 0 Å². The standard InChI is InChI=1S/C24H27Cl2N5O/c1-14-10-21(29-15(2)28-14)31-20-13-17(7-9-27-20)30-23(32)22-18(25)11-16(12-19(22)26)6-8-24(3,4)5/h7,9-13H,6,8H2,1-5H3,(H2,27,28,29,30,31,32). The monoisotopic (exact) mass is 471 g/mol. The van der Waals surface area contributed by atoms with Gasteiger partial charge in [0, 0.05) is 29.7 Å². The Bertz CT molecular complexity index is 1100. The van der Waals surface area contributed by atoms with E-state index in [0.717, 1.165) is 24.1 Å². The first kappa shape index (κ1) is 24.0. The van der Waals surface area contributed by atoms with Crippen LogP contribution in [-0.2, 0) is 6.42 Å². The Balaban J connectivity index is 1.75. The maximum Gasteiger partial charge on any atom is 0.258 e. The van der Waals surface area contributed by atoms with Crippen LogP contribution in [0.1, 0.15) is 54.6 Å². The molecule has 2 heterocycles. The highest BCUT2D eigenvalue weighted by atomic mass is 35.5. The van der Waals surface area contributed by atoms with E-state index in [1.165, 1.54) is 0 Å². The highest BCUT2D eigenvalue weighted by Crippen LogP contribution is 2.30. The third-order valence-corrected chi connectivity index (χ3v) is 5.33. The molecule has 0 fully saturated rings. The van der Waals surface area contributed by atoms with Gasteiger partial charge in [0.25, 0.3) is 5.91 Å². The van der Waals surface area contributed by atoms with Gasteiger partial charge in [-0.3, -0.25) is 4.79 Å². The molecule has 1 amide bonds. The topological polar surface area (TPSA) is 79.8 Å². The normalized spacial score (nSPS) is 11.3. The fourth-order valence-electron chi connectivity index (χ4n) is 3.19. The molecule has 0 radical (unpaired) electrons. The first-order valence-electron chi connectivity index (χ1n) is 10.3. The summed E-state index contributed by atoms with van der Waals surface area (Å²) < 4.78 is 0. The SMILES string of the molecule is Cc1cc(Nc2cc(NC(=O)c3c(Cl)cc(CCC(C)(C)C)cc3Cl)ccn2)nc(C)n1. The maximum atomic E-state index is 12.9. The summed E-state index contributed by atoms with van der Waals surface area (Å²) in [7, 11) is 0. The number of rotatable bonds is 6. The molecule has 0 aliphatic rings. The fourth-order valence-corrected chi connectivity index (χ4v) is 3.89. The van der Waals surface area contributed by atoms with Gasteiger partial charge in [0.15, 0.2) is 0 Å². The van der Waals surface area contributed by atoms with E-state index in [2.05, 4.69) is 46.4 Å². The number of nitrogens with one attached hydrogen (secondary N) is 2. The molecule has 3 aromatic rings. The van der Waals surface area contributed by atoms with Crippen molar-refractivity contribution in [1.82, 2.24) is 15.0 Å². The first-order valence-corrected chi connectivity index (χ1v) is 11.1. The molecule has 0 saturated carbocycles. The minimum Gasteiger partial charge on any atom is -0.325 e. The average Bonchev–Trinajstić information content (AvgIpc) is 2.64. The number of benzene rings is 1. The molecule has 0 atom stereocenters. The predicted octanol–water partition coefficient (Wildman–Crippen LogP) is 6.77. The van der Waals surface area contributed by atoms with Crippen molar-refractivity contribution in [2.75, 3.05) is 10.6 Å². The Kier molecular flexibility index (Phi) is 7.36. The summed E-state index contributed by atoms with van der Waals surface area (Å²) in [6.07, 6.45) is 3.42. The summed E-state index contributed by atoms with van der Waals surface area (Å²) in [6.45, 7) is 10.3. The number of amides is 1. The van der Waals surface area contributed by atoms with Crippen LogP contribution in [0.25, 0.3) is 0 Å². The zero-order chi connectivity index (χ0) is 23.5. The molecule has 1 aromatic carbocycles. The third kappa shape index (κ3) is 6.65. The molecule has 0 saturated heterocycles. The van der Waals surface area contributed by atoms with E-state index in [9.17, 15) is 4.79 Å². The van der Waals surface area contributed by atoms with E-state index >= 15 is 0 Å². The quantitative estimate of drug-likeness (QED) is 0.414. The van der Waals surface area contributed by atoms with Crippen LogP contribution in [0.2, 0.25) is 10.0 Å². The van der Waals surface area contributed by atoms with Gasteiger partial charge >= 0.3 is 0 Å². The number of aromatic nitrogens is 3. The zero-order valence-corrected chi connectivity index (χ0v) is 20.4. The molecular weight excluding hydrogens is 445 g/mol. The summed E-state index contributed by atoms with van der Waals surface area (Å²) >= 11 is 12.9. The van der Waals surface area contributed by atoms with Crippen molar-refractivity contribution in [1.29, 1.82) is 0 Å². The summed E-state index contributed by atoms with van der Waals surface area (Å²) in [5.74, 6) is 1.44. The van der Waals surface area contributed by atoms with Crippen LogP contribution in [0.3, 0.4) is 0 Å². The smallest absolute Gasteiger partial charge is 0.258 e. The van der Waals surface area contributed by atoms with Gasteiger partial charge in [-0.05, 0) is 55.9 Å². The molecule has 6 nitrogen and oxygen atoms in total. The molecule has 168 valence electrons. The van der Waals surface area contributed by atoms with E-state index in [1.807, 2.05) is 32.0 Å². The van der Waals surface area contributed by atoms with Gasteiger partial charge in [-0.15, -0.1) is 0 Å². The van der Waals surface area contributed by atoms with Crippen LogP contribution in [-0.4, -0.2) is 20.9 Å². The molecule has 0 unspecified atom stereocenters. The minimum atomic E-state index is -0.381. The van der Waals surface area contributed by atoms with Gasteiger partial charge < -0.3 is 10.6 Å². The summed E-state index contributed by atoms with van der Waals surface area (Å²) in [5.41, 5.74) is 2.86. The van der Waals surface area contributed by atoms with Gasteiger partial charge in [0.05, 0.1) is 15.6 Å². The molecule has 2 aromatic heterocycles. The van der Waals surface area contributed by atoms with Gasteiger partial charge in [-0.2, -0.15) is 0 Å². The minimum absolute atomic E-state index is 0.200. The van der Waals surface area contributed by atoms with Crippen LogP contribution in [0.5, 0.6) is 0 Å². The first-order chi connectivity index (χ1) is 15.0. The van der Waals surface area contributed by atoms with Crippen LogP contribution in [0.15, 0.2) is 36.5 Å². The van der Waals surface area contributed by atoms with Crippen molar-refractivity contribution in [3.05, 3.63) is 69.2 Å². The lowest BCUT2D eigenvalue weighted by Gasteiger charge is -2.18. The van der Waals surface area contributed by atoms with E-state index in [1.54, 1.807) is 18.3 Å². The molecule has 3 rings (SSSR count). The zero-order valence-electron chi connectivity index (χ0n) is 18.9. The molecule has 0 spiro atoms. The van der Waals surface area contributed by atoms with Crippen LogP contribution >= 0.6 is 23.2 Å². The van der Waals surface area contributed by atoms with Crippen molar-refractivity contribution in [2.24, 2.45) is 5.41 Å². The second-order valence-electron chi connectivity index (χ2n) is 8.95. The van der Waals surface area contributed by atoms with Crippen molar-refractivity contribution in [3.63, 3.8) is 0 Å². The highest BCUT2D eigenvalue weighted by molar-refractivity contribution is 6.40. The fraction of sp³-hybridized carbons (Fsp3) is 0.333. The number of carbonyl (C=O) groups is 1. The maximum absolute atomic E-state index is 12.9. The van der Waals surface area contributed by atoms with E-state index in [-0.39, 0.29) is 16.9 Å².